The Kier molecular flexibility index (Phi) is 3.95. The topological polar surface area (TPSA) is 49.3 Å². The van der Waals surface area contributed by atoms with Gasteiger partial charge in [0.1, 0.15) is 11.6 Å². The van der Waals surface area contributed by atoms with Crippen molar-refractivity contribution >= 4 is 5.91 Å². The van der Waals surface area contributed by atoms with Crippen LogP contribution in [0, 0.1) is 18.6 Å². The first-order valence-corrected chi connectivity index (χ1v) is 4.83. The van der Waals surface area contributed by atoms with Gasteiger partial charge in [-0.05, 0) is 25.5 Å². The van der Waals surface area contributed by atoms with Crippen LogP contribution in [0.15, 0.2) is 12.1 Å². The Hall–Kier alpha value is -1.49. The molecule has 1 rings (SSSR count). The lowest BCUT2D eigenvalue weighted by Crippen LogP contribution is -2.31. The van der Waals surface area contributed by atoms with Gasteiger partial charge in [-0.25, -0.2) is 8.78 Å². The van der Waals surface area contributed by atoms with E-state index in [1.54, 1.807) is 0 Å². The molecule has 0 radical (unpaired) electrons. The molecular weight excluding hydrogens is 216 g/mol. The second-order valence-corrected chi connectivity index (χ2v) is 3.64. The fourth-order valence-corrected chi connectivity index (χ4v) is 1.17. The maximum absolute atomic E-state index is 13.2. The van der Waals surface area contributed by atoms with Gasteiger partial charge in [-0.15, -0.1) is 0 Å². The minimum Gasteiger partial charge on any atom is -0.392 e. The van der Waals surface area contributed by atoms with Crippen molar-refractivity contribution in [3.63, 3.8) is 0 Å². The Labute approximate surface area is 92.1 Å². The van der Waals surface area contributed by atoms with Gasteiger partial charge in [-0.1, -0.05) is 0 Å². The zero-order chi connectivity index (χ0) is 12.3. The Balaban J connectivity index is 2.87. The third-order valence-electron chi connectivity index (χ3n) is 2.05. The smallest absolute Gasteiger partial charge is 0.254 e. The first-order valence-electron chi connectivity index (χ1n) is 4.83. The second kappa shape index (κ2) is 5.03. The Morgan fingerprint density at radius 3 is 2.62 bits per heavy atom. The van der Waals surface area contributed by atoms with E-state index < -0.39 is 23.6 Å². The minimum atomic E-state index is -0.911. The fourth-order valence-electron chi connectivity index (χ4n) is 1.17. The Morgan fingerprint density at radius 1 is 1.44 bits per heavy atom. The number of aliphatic hydroxyl groups is 1. The normalized spacial score (nSPS) is 12.3. The summed E-state index contributed by atoms with van der Waals surface area (Å²) in [4.78, 5) is 11.4. The van der Waals surface area contributed by atoms with Gasteiger partial charge in [-0.3, -0.25) is 4.79 Å². The minimum absolute atomic E-state index is 0.0225. The van der Waals surface area contributed by atoms with Crippen LogP contribution in [0.4, 0.5) is 8.78 Å². The molecule has 0 aliphatic carbocycles. The van der Waals surface area contributed by atoms with Gasteiger partial charge in [0.2, 0.25) is 0 Å². The van der Waals surface area contributed by atoms with Crippen LogP contribution in [0.1, 0.15) is 22.8 Å². The quantitative estimate of drug-likeness (QED) is 0.822. The highest BCUT2D eigenvalue weighted by Gasteiger charge is 2.14. The molecule has 1 aromatic carbocycles. The van der Waals surface area contributed by atoms with Gasteiger partial charge >= 0.3 is 0 Å². The van der Waals surface area contributed by atoms with Crippen LogP contribution in [0.3, 0.4) is 0 Å². The van der Waals surface area contributed by atoms with Gasteiger partial charge in [0.05, 0.1) is 11.7 Å². The number of benzene rings is 1. The van der Waals surface area contributed by atoms with Crippen LogP contribution < -0.4 is 5.32 Å². The molecule has 88 valence electrons. The molecule has 0 saturated heterocycles. The van der Waals surface area contributed by atoms with E-state index in [1.165, 1.54) is 13.8 Å². The predicted molar refractivity (Wildman–Crippen MR) is 55.1 cm³/mol. The van der Waals surface area contributed by atoms with Gasteiger partial charge in [-0.2, -0.15) is 0 Å². The summed E-state index contributed by atoms with van der Waals surface area (Å²) < 4.78 is 26.2. The van der Waals surface area contributed by atoms with Gasteiger partial charge in [0.15, 0.2) is 0 Å². The molecule has 16 heavy (non-hydrogen) atoms. The zero-order valence-corrected chi connectivity index (χ0v) is 9.05. The monoisotopic (exact) mass is 229 g/mol. The van der Waals surface area contributed by atoms with Crippen LogP contribution in [0.2, 0.25) is 0 Å². The highest BCUT2D eigenvalue weighted by Crippen LogP contribution is 2.13. The van der Waals surface area contributed by atoms with Crippen LogP contribution in [0.25, 0.3) is 0 Å². The molecular formula is C11H13F2NO2. The molecule has 0 saturated carbocycles. The standard InChI is InChI=1S/C11H13F2NO2/c1-6-3-8(10(13)4-9(6)12)11(16)14-5-7(2)15/h3-4,7,15H,5H2,1-2H3,(H,14,16). The predicted octanol–water partition coefficient (Wildman–Crippen LogP) is 1.38. The molecule has 1 aromatic rings. The molecule has 3 nitrogen and oxygen atoms in total. The summed E-state index contributed by atoms with van der Waals surface area (Å²) in [6.07, 6.45) is -0.714. The molecule has 0 aliphatic heterocycles. The van der Waals surface area contributed by atoms with E-state index in [9.17, 15) is 13.6 Å². The van der Waals surface area contributed by atoms with Crippen LogP contribution in [-0.2, 0) is 0 Å². The summed E-state index contributed by atoms with van der Waals surface area (Å²) in [5, 5.41) is 11.3. The molecule has 1 amide bonds. The van der Waals surface area contributed by atoms with Gasteiger partial charge in [0, 0.05) is 12.6 Å². The molecule has 1 atom stereocenters. The van der Waals surface area contributed by atoms with Crippen molar-refractivity contribution < 1.29 is 18.7 Å². The third-order valence-corrected chi connectivity index (χ3v) is 2.05. The van der Waals surface area contributed by atoms with Crippen molar-refractivity contribution in [3.05, 3.63) is 34.9 Å². The van der Waals surface area contributed by atoms with Gasteiger partial charge < -0.3 is 10.4 Å². The number of aliphatic hydroxyl groups excluding tert-OH is 1. The maximum atomic E-state index is 13.2. The number of hydrogen-bond acceptors (Lipinski definition) is 2. The summed E-state index contributed by atoms with van der Waals surface area (Å²) in [5.74, 6) is -2.27. The summed E-state index contributed by atoms with van der Waals surface area (Å²) in [5.41, 5.74) is -0.0249. The lowest BCUT2D eigenvalue weighted by molar-refractivity contribution is 0.0920. The first-order chi connectivity index (χ1) is 7.41. The molecule has 1 unspecified atom stereocenters. The molecule has 0 aromatic heterocycles. The number of carbonyl (C=O) groups is 1. The van der Waals surface area contributed by atoms with Crippen LogP contribution in [-0.4, -0.2) is 23.7 Å². The molecule has 0 bridgehead atoms. The highest BCUT2D eigenvalue weighted by molar-refractivity contribution is 5.94. The number of amides is 1. The first kappa shape index (κ1) is 12.6. The van der Waals surface area contributed by atoms with E-state index in [4.69, 9.17) is 5.11 Å². The van der Waals surface area contributed by atoms with E-state index in [0.717, 1.165) is 6.07 Å². The van der Waals surface area contributed by atoms with E-state index in [2.05, 4.69) is 5.32 Å². The fraction of sp³-hybridized carbons (Fsp3) is 0.364. The van der Waals surface area contributed by atoms with Crippen molar-refractivity contribution in [2.45, 2.75) is 20.0 Å². The second-order valence-electron chi connectivity index (χ2n) is 3.64. The number of carbonyl (C=O) groups excluding carboxylic acids is 1. The van der Waals surface area contributed by atoms with E-state index in [0.29, 0.717) is 6.07 Å². The van der Waals surface area contributed by atoms with E-state index in [-0.39, 0.29) is 17.7 Å². The van der Waals surface area contributed by atoms with Crippen LogP contribution >= 0.6 is 0 Å². The largest absolute Gasteiger partial charge is 0.392 e. The van der Waals surface area contributed by atoms with Crippen molar-refractivity contribution in [1.82, 2.24) is 5.32 Å². The third kappa shape index (κ3) is 3.00. The van der Waals surface area contributed by atoms with Crippen molar-refractivity contribution in [3.8, 4) is 0 Å². The van der Waals surface area contributed by atoms with Crippen molar-refractivity contribution in [2.75, 3.05) is 6.54 Å². The molecule has 2 N–H and O–H groups in total. The number of halogens is 2. The van der Waals surface area contributed by atoms with E-state index in [1.807, 2.05) is 0 Å². The molecule has 0 aliphatic rings. The number of aryl methyl sites for hydroxylation is 1. The SMILES string of the molecule is Cc1cc(C(=O)NCC(C)O)c(F)cc1F. The summed E-state index contributed by atoms with van der Waals surface area (Å²) in [7, 11) is 0. The number of hydrogen-bond donors (Lipinski definition) is 2. The van der Waals surface area contributed by atoms with Crippen molar-refractivity contribution in [2.24, 2.45) is 0 Å². The van der Waals surface area contributed by atoms with E-state index >= 15 is 0 Å². The number of nitrogens with one attached hydrogen (secondary N) is 1. The molecule has 0 heterocycles. The highest BCUT2D eigenvalue weighted by atomic mass is 19.1. The molecule has 0 fully saturated rings. The van der Waals surface area contributed by atoms with Crippen LogP contribution in [0.5, 0.6) is 0 Å². The lowest BCUT2D eigenvalue weighted by atomic mass is 10.1. The summed E-state index contributed by atoms with van der Waals surface area (Å²) >= 11 is 0. The molecule has 5 heteroatoms. The average molecular weight is 229 g/mol. The zero-order valence-electron chi connectivity index (χ0n) is 9.05. The Morgan fingerprint density at radius 2 is 2.06 bits per heavy atom. The Bertz CT molecular complexity index is 405. The lowest BCUT2D eigenvalue weighted by Gasteiger charge is -2.08. The van der Waals surface area contributed by atoms with Crippen molar-refractivity contribution in [1.29, 1.82) is 0 Å². The number of rotatable bonds is 3. The molecule has 0 spiro atoms. The maximum Gasteiger partial charge on any atom is 0.254 e. The van der Waals surface area contributed by atoms with Gasteiger partial charge in [0.25, 0.3) is 5.91 Å². The summed E-state index contributed by atoms with van der Waals surface area (Å²) in [6, 6.07) is 1.81. The summed E-state index contributed by atoms with van der Waals surface area (Å²) in [6.45, 7) is 2.96. The average Bonchev–Trinajstić information content (AvgIpc) is 2.20.